The molecule has 0 aliphatic carbocycles. The van der Waals surface area contributed by atoms with Gasteiger partial charge in [0.25, 0.3) is 5.91 Å². The zero-order valence-electron chi connectivity index (χ0n) is 23.1. The molecule has 1 heterocycles. The number of carbonyl (C=O) groups is 2. The normalized spacial score (nSPS) is 13.9. The summed E-state index contributed by atoms with van der Waals surface area (Å²) >= 11 is 0. The number of ether oxygens (including phenoxy) is 1. The van der Waals surface area contributed by atoms with E-state index in [1.54, 1.807) is 18.2 Å². The Labute approximate surface area is 240 Å². The van der Waals surface area contributed by atoms with E-state index >= 15 is 0 Å². The molecule has 0 radical (unpaired) electrons. The molecule has 1 aliphatic rings. The fourth-order valence-corrected chi connectivity index (χ4v) is 5.01. The molecule has 0 spiro atoms. The number of hydrogen-bond donors (Lipinski definition) is 1. The zero-order valence-corrected chi connectivity index (χ0v) is 23.1. The second-order valence-electron chi connectivity index (χ2n) is 10.2. The molecule has 0 aromatic heterocycles. The van der Waals surface area contributed by atoms with Crippen molar-refractivity contribution in [3.63, 3.8) is 0 Å². The highest BCUT2D eigenvalue weighted by Gasteiger charge is 2.32. The monoisotopic (exact) mass is 551 g/mol. The highest BCUT2D eigenvalue weighted by molar-refractivity contribution is 5.98. The van der Waals surface area contributed by atoms with Crippen LogP contribution in [0.5, 0.6) is 0 Å². The summed E-state index contributed by atoms with van der Waals surface area (Å²) in [6, 6.07) is 29.9. The fourth-order valence-electron chi connectivity index (χ4n) is 5.01. The Morgan fingerprint density at radius 2 is 1.54 bits per heavy atom. The van der Waals surface area contributed by atoms with E-state index in [0.29, 0.717) is 30.0 Å². The van der Waals surface area contributed by atoms with Gasteiger partial charge in [0.05, 0.1) is 19.6 Å². The number of carbonyl (C=O) groups excluding carboxylic acids is 2. The molecule has 2 amide bonds. The molecule has 1 atom stereocenters. The van der Waals surface area contributed by atoms with Gasteiger partial charge in [0.15, 0.2) is 0 Å². The van der Waals surface area contributed by atoms with E-state index in [1.807, 2.05) is 85.8 Å². The molecule has 4 aromatic carbocycles. The summed E-state index contributed by atoms with van der Waals surface area (Å²) in [5.41, 5.74) is 4.51. The Bertz CT molecular complexity index is 1450. The number of anilines is 2. The topological polar surface area (TPSA) is 61.9 Å². The number of amides is 2. The van der Waals surface area contributed by atoms with Gasteiger partial charge < -0.3 is 19.9 Å². The third-order valence-corrected chi connectivity index (χ3v) is 7.28. The summed E-state index contributed by atoms with van der Waals surface area (Å²) in [6.07, 6.45) is 0.0825. The quantitative estimate of drug-likeness (QED) is 0.281. The molecule has 5 rings (SSSR count). The molecule has 1 aliphatic heterocycles. The molecule has 4 aromatic rings. The van der Waals surface area contributed by atoms with Crippen LogP contribution in [0.25, 0.3) is 0 Å². The minimum atomic E-state index is -0.981. The van der Waals surface area contributed by atoms with Crippen LogP contribution in [0.4, 0.5) is 15.8 Å². The van der Waals surface area contributed by atoms with Gasteiger partial charge in [-0.3, -0.25) is 9.59 Å². The predicted molar refractivity (Wildman–Crippen MR) is 159 cm³/mol. The van der Waals surface area contributed by atoms with Gasteiger partial charge in [0.1, 0.15) is 11.9 Å². The van der Waals surface area contributed by atoms with E-state index in [9.17, 15) is 14.0 Å². The molecule has 1 N–H and O–H groups in total. The molecule has 41 heavy (non-hydrogen) atoms. The smallest absolute Gasteiger partial charge is 0.251 e. The number of rotatable bonds is 9. The standard InChI is InChI=1S/C34H34FN3O3/c1-25-11-13-27(14-12-25)33(34(40)36-29-15-17-30(18-16-29)37-19-21-41-22-20-37)38(24-28-9-5-6-10-31(28)35)32(39)23-26-7-3-2-4-8-26/h2-18,33H,19-24H2,1H3,(H,36,40). The SMILES string of the molecule is Cc1ccc(C(C(=O)Nc2ccc(N3CCOCC3)cc2)N(Cc2ccccc2F)C(=O)Cc2ccccc2)cc1. The Kier molecular flexibility index (Phi) is 9.06. The van der Waals surface area contributed by atoms with E-state index < -0.39 is 11.9 Å². The maximum absolute atomic E-state index is 14.8. The minimum absolute atomic E-state index is 0.0553. The lowest BCUT2D eigenvalue weighted by Gasteiger charge is -2.32. The van der Waals surface area contributed by atoms with Crippen molar-refractivity contribution in [1.29, 1.82) is 0 Å². The Morgan fingerprint density at radius 1 is 0.878 bits per heavy atom. The third-order valence-electron chi connectivity index (χ3n) is 7.28. The van der Waals surface area contributed by atoms with Gasteiger partial charge in [-0.15, -0.1) is 0 Å². The highest BCUT2D eigenvalue weighted by Crippen LogP contribution is 2.28. The number of hydrogen-bond acceptors (Lipinski definition) is 4. The third kappa shape index (κ3) is 7.18. The first-order valence-corrected chi connectivity index (χ1v) is 13.8. The Hall–Kier alpha value is -4.49. The molecule has 1 unspecified atom stereocenters. The number of benzene rings is 4. The largest absolute Gasteiger partial charge is 0.378 e. The first-order valence-electron chi connectivity index (χ1n) is 13.8. The van der Waals surface area contributed by atoms with Crippen LogP contribution in [-0.4, -0.2) is 43.0 Å². The van der Waals surface area contributed by atoms with Crippen LogP contribution in [0, 0.1) is 12.7 Å². The van der Waals surface area contributed by atoms with Crippen molar-refractivity contribution in [2.24, 2.45) is 0 Å². The summed E-state index contributed by atoms with van der Waals surface area (Å²) < 4.78 is 20.3. The van der Waals surface area contributed by atoms with Gasteiger partial charge in [-0.25, -0.2) is 4.39 Å². The van der Waals surface area contributed by atoms with Gasteiger partial charge in [-0.2, -0.15) is 0 Å². The predicted octanol–water partition coefficient (Wildman–Crippen LogP) is 5.92. The summed E-state index contributed by atoms with van der Waals surface area (Å²) in [5.74, 6) is -1.07. The first kappa shape index (κ1) is 28.1. The van der Waals surface area contributed by atoms with E-state index in [1.165, 1.54) is 11.0 Å². The second-order valence-corrected chi connectivity index (χ2v) is 10.2. The van der Waals surface area contributed by atoms with E-state index in [0.717, 1.165) is 29.9 Å². The van der Waals surface area contributed by atoms with Crippen molar-refractivity contribution in [2.45, 2.75) is 25.9 Å². The summed E-state index contributed by atoms with van der Waals surface area (Å²) in [4.78, 5) is 31.6. The number of nitrogens with one attached hydrogen (secondary N) is 1. The molecule has 210 valence electrons. The van der Waals surface area contributed by atoms with E-state index in [-0.39, 0.29) is 24.8 Å². The minimum Gasteiger partial charge on any atom is -0.378 e. The Morgan fingerprint density at radius 3 is 2.22 bits per heavy atom. The highest BCUT2D eigenvalue weighted by atomic mass is 19.1. The molecule has 6 nitrogen and oxygen atoms in total. The van der Waals surface area contributed by atoms with Crippen molar-refractivity contribution in [1.82, 2.24) is 4.90 Å². The maximum atomic E-state index is 14.8. The summed E-state index contributed by atoms with van der Waals surface area (Å²) in [5, 5.41) is 3.02. The molecular weight excluding hydrogens is 517 g/mol. The van der Waals surface area contributed by atoms with E-state index in [4.69, 9.17) is 4.74 Å². The lowest BCUT2D eigenvalue weighted by atomic mass is 10.00. The van der Waals surface area contributed by atoms with Crippen LogP contribution in [0.1, 0.15) is 28.3 Å². The Balaban J connectivity index is 1.47. The molecule has 0 bridgehead atoms. The van der Waals surface area contributed by atoms with Crippen LogP contribution in [0.15, 0.2) is 103 Å². The molecule has 0 saturated carbocycles. The number of nitrogens with zero attached hydrogens (tertiary/aromatic N) is 2. The van der Waals surface area contributed by atoms with Gasteiger partial charge in [-0.05, 0) is 48.4 Å². The fraction of sp³-hybridized carbons (Fsp3) is 0.235. The summed E-state index contributed by atoms with van der Waals surface area (Å²) in [6.45, 7) is 4.91. The van der Waals surface area contributed by atoms with E-state index in [2.05, 4.69) is 10.2 Å². The van der Waals surface area contributed by atoms with Crippen molar-refractivity contribution in [2.75, 3.05) is 36.5 Å². The van der Waals surface area contributed by atoms with Crippen molar-refractivity contribution in [3.8, 4) is 0 Å². The van der Waals surface area contributed by atoms with Crippen LogP contribution in [-0.2, 0) is 27.3 Å². The average Bonchev–Trinajstić information content (AvgIpc) is 3.00. The number of halogens is 1. The molecule has 1 fully saturated rings. The average molecular weight is 552 g/mol. The lowest BCUT2D eigenvalue weighted by molar-refractivity contribution is -0.139. The van der Waals surface area contributed by atoms with Crippen LogP contribution in [0.2, 0.25) is 0 Å². The van der Waals surface area contributed by atoms with Crippen molar-refractivity contribution < 1.29 is 18.7 Å². The number of morpholine rings is 1. The molecular formula is C34H34FN3O3. The zero-order chi connectivity index (χ0) is 28.6. The maximum Gasteiger partial charge on any atom is 0.251 e. The van der Waals surface area contributed by atoms with Crippen LogP contribution < -0.4 is 10.2 Å². The number of aryl methyl sites for hydroxylation is 1. The first-order chi connectivity index (χ1) is 20.0. The molecule has 1 saturated heterocycles. The van der Waals surface area contributed by atoms with Crippen molar-refractivity contribution in [3.05, 3.63) is 131 Å². The molecule has 7 heteroatoms. The van der Waals surface area contributed by atoms with Gasteiger partial charge in [0, 0.05) is 36.6 Å². The summed E-state index contributed by atoms with van der Waals surface area (Å²) in [7, 11) is 0. The van der Waals surface area contributed by atoms with Gasteiger partial charge in [-0.1, -0.05) is 78.4 Å². The van der Waals surface area contributed by atoms with Crippen molar-refractivity contribution >= 4 is 23.2 Å². The van der Waals surface area contributed by atoms with Crippen LogP contribution >= 0.6 is 0 Å². The second kappa shape index (κ2) is 13.2. The van der Waals surface area contributed by atoms with Gasteiger partial charge >= 0.3 is 0 Å². The van der Waals surface area contributed by atoms with Crippen LogP contribution in [0.3, 0.4) is 0 Å². The lowest BCUT2D eigenvalue weighted by Crippen LogP contribution is -2.42. The van der Waals surface area contributed by atoms with Gasteiger partial charge in [0.2, 0.25) is 5.91 Å².